The minimum Gasteiger partial charge on any atom is -0.466 e. The predicted octanol–water partition coefficient (Wildman–Crippen LogP) is 0.979. The molecule has 0 aliphatic rings. The summed E-state index contributed by atoms with van der Waals surface area (Å²) in [5, 5.41) is 6.56. The van der Waals surface area contributed by atoms with Crippen LogP contribution >= 0.6 is 34.5 Å². The van der Waals surface area contributed by atoms with Gasteiger partial charge in [0.25, 0.3) is 5.24 Å². The van der Waals surface area contributed by atoms with E-state index in [0.29, 0.717) is 0 Å². The van der Waals surface area contributed by atoms with Crippen LogP contribution in [0.1, 0.15) is 5.69 Å². The fourth-order valence-electron chi connectivity index (χ4n) is 0.984. The normalized spacial score (nSPS) is 10.9. The first-order chi connectivity index (χ1) is 9.97. The number of oxime groups is 1. The molecule has 1 amide bonds. The van der Waals surface area contributed by atoms with Crippen molar-refractivity contribution in [3.05, 3.63) is 11.1 Å². The Kier molecular flexibility index (Phi) is 7.06. The molecule has 0 unspecified atom stereocenters. The summed E-state index contributed by atoms with van der Waals surface area (Å²) in [7, 11) is 1.18. The summed E-state index contributed by atoms with van der Waals surface area (Å²) in [6.45, 7) is -0.482. The minimum atomic E-state index is -0.930. The Bertz CT molecular complexity index is 575. The highest BCUT2D eigenvalue weighted by atomic mass is 35.5. The van der Waals surface area contributed by atoms with Gasteiger partial charge in [-0.1, -0.05) is 5.16 Å². The van der Waals surface area contributed by atoms with Crippen molar-refractivity contribution in [2.45, 2.75) is 0 Å². The Morgan fingerprint density at radius 1 is 1.48 bits per heavy atom. The molecule has 1 aromatic rings. The molecule has 0 aliphatic carbocycles. The first-order valence-corrected chi connectivity index (χ1v) is 7.05. The van der Waals surface area contributed by atoms with Crippen LogP contribution in [-0.2, 0) is 24.0 Å². The lowest BCUT2D eigenvalue weighted by Crippen LogP contribution is -2.15. The van der Waals surface area contributed by atoms with Gasteiger partial charge in [0.15, 0.2) is 10.8 Å². The van der Waals surface area contributed by atoms with E-state index in [1.54, 1.807) is 0 Å². The SMILES string of the molecule is COC(=O)CON=C(C(=O)Cl)c1csc(NC(=O)CCl)n1. The molecule has 11 heteroatoms. The lowest BCUT2D eigenvalue weighted by Gasteiger charge is -2.00. The summed E-state index contributed by atoms with van der Waals surface area (Å²) in [6.07, 6.45) is 0. The van der Waals surface area contributed by atoms with Gasteiger partial charge in [0.2, 0.25) is 12.5 Å². The van der Waals surface area contributed by atoms with E-state index in [1.807, 2.05) is 0 Å². The lowest BCUT2D eigenvalue weighted by atomic mass is 10.3. The van der Waals surface area contributed by atoms with Crippen molar-refractivity contribution in [3.8, 4) is 0 Å². The third kappa shape index (κ3) is 5.66. The van der Waals surface area contributed by atoms with Gasteiger partial charge in [-0.15, -0.1) is 22.9 Å². The summed E-state index contributed by atoms with van der Waals surface area (Å²) in [6, 6.07) is 0. The van der Waals surface area contributed by atoms with Gasteiger partial charge in [0.05, 0.1) is 7.11 Å². The number of methoxy groups -OCH3 is 1. The number of anilines is 1. The van der Waals surface area contributed by atoms with E-state index in [0.717, 1.165) is 11.3 Å². The van der Waals surface area contributed by atoms with Gasteiger partial charge < -0.3 is 14.9 Å². The van der Waals surface area contributed by atoms with Gasteiger partial charge in [-0.25, -0.2) is 9.78 Å². The molecule has 1 heterocycles. The molecule has 0 aromatic carbocycles. The van der Waals surface area contributed by atoms with Crippen LogP contribution in [0.4, 0.5) is 5.13 Å². The van der Waals surface area contributed by atoms with Crippen LogP contribution in [0, 0.1) is 0 Å². The Balaban J connectivity index is 2.81. The van der Waals surface area contributed by atoms with Crippen LogP contribution in [0.5, 0.6) is 0 Å². The number of esters is 1. The van der Waals surface area contributed by atoms with Crippen molar-refractivity contribution in [2.75, 3.05) is 24.9 Å². The number of hydrogen-bond donors (Lipinski definition) is 1. The van der Waals surface area contributed by atoms with Gasteiger partial charge >= 0.3 is 5.97 Å². The number of amides is 1. The minimum absolute atomic E-state index is 0.0924. The molecular weight excluding hydrogens is 345 g/mol. The molecule has 0 saturated heterocycles. The van der Waals surface area contributed by atoms with Gasteiger partial charge in [0, 0.05) is 5.38 Å². The zero-order valence-corrected chi connectivity index (χ0v) is 12.9. The molecule has 0 fully saturated rings. The second kappa shape index (κ2) is 8.55. The molecule has 8 nitrogen and oxygen atoms in total. The monoisotopic (exact) mass is 353 g/mol. The summed E-state index contributed by atoms with van der Waals surface area (Å²) in [5.74, 6) is -1.35. The van der Waals surface area contributed by atoms with E-state index >= 15 is 0 Å². The topological polar surface area (TPSA) is 107 Å². The highest BCUT2D eigenvalue weighted by Gasteiger charge is 2.17. The third-order valence-electron chi connectivity index (χ3n) is 1.87. The highest BCUT2D eigenvalue weighted by molar-refractivity contribution is 7.14. The average Bonchev–Trinajstić information content (AvgIpc) is 2.90. The molecule has 1 aromatic heterocycles. The van der Waals surface area contributed by atoms with Crippen LogP contribution < -0.4 is 5.32 Å². The van der Waals surface area contributed by atoms with E-state index in [2.05, 4.69) is 25.0 Å². The van der Waals surface area contributed by atoms with Crippen LogP contribution in [0.3, 0.4) is 0 Å². The maximum absolute atomic E-state index is 11.3. The summed E-state index contributed by atoms with van der Waals surface area (Å²) >= 11 is 11.7. The first-order valence-electron chi connectivity index (χ1n) is 5.26. The van der Waals surface area contributed by atoms with E-state index in [4.69, 9.17) is 23.2 Å². The van der Waals surface area contributed by atoms with Crippen LogP contribution in [0.2, 0.25) is 0 Å². The number of aromatic nitrogens is 1. The van der Waals surface area contributed by atoms with Gasteiger partial charge in [-0.2, -0.15) is 0 Å². The lowest BCUT2D eigenvalue weighted by molar-refractivity contribution is -0.145. The number of rotatable bonds is 7. The number of hydrogen-bond acceptors (Lipinski definition) is 8. The Hall–Kier alpha value is -1.71. The Labute approximate surface area is 133 Å². The third-order valence-corrected chi connectivity index (χ3v) is 3.05. The molecule has 1 N–H and O–H groups in total. The van der Waals surface area contributed by atoms with Crippen molar-refractivity contribution in [1.29, 1.82) is 0 Å². The molecule has 0 atom stereocenters. The molecule has 0 radical (unpaired) electrons. The zero-order valence-electron chi connectivity index (χ0n) is 10.6. The standard InChI is InChI=1S/C10H9Cl2N3O5S/c1-19-7(17)3-20-15-8(9(12)18)5-4-21-10(13-5)14-6(16)2-11/h4H,2-3H2,1H3,(H,13,14,16). The molecule has 1 rings (SSSR count). The number of alkyl halides is 1. The number of nitrogens with one attached hydrogen (secondary N) is 1. The van der Waals surface area contributed by atoms with Crippen molar-refractivity contribution in [1.82, 2.24) is 4.98 Å². The average molecular weight is 354 g/mol. The number of carbonyl (C=O) groups excluding carboxylic acids is 3. The highest BCUT2D eigenvalue weighted by Crippen LogP contribution is 2.17. The number of halogens is 2. The fraction of sp³-hybridized carbons (Fsp3) is 0.300. The summed E-state index contributed by atoms with van der Waals surface area (Å²) in [5.41, 5.74) is -0.210. The van der Waals surface area contributed by atoms with Gasteiger partial charge in [-0.3, -0.25) is 9.59 Å². The quantitative estimate of drug-likeness (QED) is 0.257. The van der Waals surface area contributed by atoms with Crippen molar-refractivity contribution in [3.63, 3.8) is 0 Å². The van der Waals surface area contributed by atoms with E-state index in [9.17, 15) is 14.4 Å². The second-order valence-corrected chi connectivity index (χ2v) is 4.75. The molecule has 114 valence electrons. The fourth-order valence-corrected chi connectivity index (χ4v) is 1.89. The molecule has 0 spiro atoms. The number of carbonyl (C=O) groups is 3. The van der Waals surface area contributed by atoms with E-state index < -0.39 is 23.7 Å². The molecule has 0 aliphatic heterocycles. The zero-order chi connectivity index (χ0) is 15.8. The smallest absolute Gasteiger partial charge is 0.346 e. The molecule has 0 saturated carbocycles. The van der Waals surface area contributed by atoms with Crippen LogP contribution in [0.15, 0.2) is 10.5 Å². The molecule has 0 bridgehead atoms. The van der Waals surface area contributed by atoms with Crippen LogP contribution in [0.25, 0.3) is 0 Å². The van der Waals surface area contributed by atoms with E-state index in [-0.39, 0.29) is 22.4 Å². The van der Waals surface area contributed by atoms with Crippen molar-refractivity contribution >= 4 is 62.5 Å². The molecule has 21 heavy (non-hydrogen) atoms. The number of ether oxygens (including phenoxy) is 1. The summed E-state index contributed by atoms with van der Waals surface area (Å²) < 4.78 is 4.33. The largest absolute Gasteiger partial charge is 0.466 e. The second-order valence-electron chi connectivity index (χ2n) is 3.28. The number of thiazole rings is 1. The summed E-state index contributed by atoms with van der Waals surface area (Å²) in [4.78, 5) is 41.8. The van der Waals surface area contributed by atoms with Crippen molar-refractivity contribution in [2.24, 2.45) is 5.16 Å². The molecular formula is C10H9Cl2N3O5S. The van der Waals surface area contributed by atoms with Gasteiger partial charge in [-0.05, 0) is 11.6 Å². The predicted molar refractivity (Wildman–Crippen MR) is 76.8 cm³/mol. The van der Waals surface area contributed by atoms with Crippen LogP contribution in [-0.4, -0.2) is 47.4 Å². The maximum atomic E-state index is 11.3. The Morgan fingerprint density at radius 2 is 2.19 bits per heavy atom. The van der Waals surface area contributed by atoms with Gasteiger partial charge in [0.1, 0.15) is 11.6 Å². The van der Waals surface area contributed by atoms with Crippen molar-refractivity contribution < 1.29 is 24.0 Å². The Morgan fingerprint density at radius 3 is 2.76 bits per heavy atom. The number of nitrogens with zero attached hydrogens (tertiary/aromatic N) is 2. The first kappa shape index (κ1) is 17.3. The van der Waals surface area contributed by atoms with E-state index in [1.165, 1.54) is 12.5 Å². The maximum Gasteiger partial charge on any atom is 0.346 e.